The van der Waals surface area contributed by atoms with Crippen molar-refractivity contribution in [2.75, 3.05) is 32.8 Å². The van der Waals surface area contributed by atoms with E-state index in [0.29, 0.717) is 56.3 Å². The SMILES string of the molecule is C=C(F)C(=O)N[C@H]1COC[C@H]1Nc1cc2c(cn1)cc(-c1c(Cl)c(OC)cc(OC)c1Cl)c1ncnn12. The summed E-state index contributed by atoms with van der Waals surface area (Å²) in [5, 5.41) is 11.5. The molecule has 0 bridgehead atoms. The molecular weight excluding hydrogens is 526 g/mol. The van der Waals surface area contributed by atoms with E-state index >= 15 is 0 Å². The molecule has 37 heavy (non-hydrogen) atoms. The number of hydrogen-bond donors (Lipinski definition) is 2. The number of anilines is 1. The zero-order valence-electron chi connectivity index (χ0n) is 19.7. The number of nitrogens with one attached hydrogen (secondary N) is 2. The molecule has 5 rings (SSSR count). The van der Waals surface area contributed by atoms with E-state index in [1.165, 1.54) is 20.5 Å². The van der Waals surface area contributed by atoms with Crippen molar-refractivity contribution >= 4 is 51.5 Å². The maximum absolute atomic E-state index is 13.2. The molecule has 3 aromatic heterocycles. The average Bonchev–Trinajstić information content (AvgIpc) is 3.54. The van der Waals surface area contributed by atoms with Gasteiger partial charge in [-0.05, 0) is 6.07 Å². The number of carbonyl (C=O) groups excluding carboxylic acids is 1. The lowest BCUT2D eigenvalue weighted by molar-refractivity contribution is -0.119. The molecule has 2 atom stereocenters. The van der Waals surface area contributed by atoms with Crippen molar-refractivity contribution in [2.24, 2.45) is 0 Å². The molecule has 0 saturated carbocycles. The number of rotatable bonds is 7. The summed E-state index contributed by atoms with van der Waals surface area (Å²) in [5.41, 5.74) is 2.29. The third-order valence-corrected chi connectivity index (χ3v) is 6.80. The number of halogens is 3. The van der Waals surface area contributed by atoms with Gasteiger partial charge in [0, 0.05) is 34.8 Å². The maximum Gasteiger partial charge on any atom is 0.279 e. The molecule has 2 N–H and O–H groups in total. The van der Waals surface area contributed by atoms with E-state index in [1.54, 1.807) is 22.8 Å². The molecule has 1 fully saturated rings. The number of benzene rings is 1. The Morgan fingerprint density at radius 1 is 1.14 bits per heavy atom. The Kier molecular flexibility index (Phi) is 6.76. The second kappa shape index (κ2) is 10.0. The van der Waals surface area contributed by atoms with Crippen molar-refractivity contribution in [3.8, 4) is 22.6 Å². The summed E-state index contributed by atoms with van der Waals surface area (Å²) < 4.78 is 31.1. The maximum atomic E-state index is 13.2. The number of carbonyl (C=O) groups is 1. The molecule has 1 aliphatic heterocycles. The first-order valence-electron chi connectivity index (χ1n) is 11.0. The van der Waals surface area contributed by atoms with Crippen LogP contribution >= 0.6 is 23.2 Å². The van der Waals surface area contributed by atoms with Gasteiger partial charge >= 0.3 is 0 Å². The zero-order valence-corrected chi connectivity index (χ0v) is 21.2. The van der Waals surface area contributed by atoms with Crippen molar-refractivity contribution in [2.45, 2.75) is 12.1 Å². The molecule has 0 spiro atoms. The number of hydrogen-bond acceptors (Lipinski definition) is 8. The van der Waals surface area contributed by atoms with Crippen LogP contribution in [-0.2, 0) is 9.53 Å². The number of aromatic nitrogens is 4. The molecule has 4 aromatic rings. The summed E-state index contributed by atoms with van der Waals surface area (Å²) in [6.45, 7) is 3.55. The summed E-state index contributed by atoms with van der Waals surface area (Å²) in [7, 11) is 3.01. The minimum atomic E-state index is -1.06. The molecule has 4 heterocycles. The second-order valence-corrected chi connectivity index (χ2v) is 8.99. The number of nitrogens with zero attached hydrogens (tertiary/aromatic N) is 4. The largest absolute Gasteiger partial charge is 0.495 e. The van der Waals surface area contributed by atoms with Crippen LogP contribution in [0.3, 0.4) is 0 Å². The van der Waals surface area contributed by atoms with Crippen molar-refractivity contribution in [3.63, 3.8) is 0 Å². The third-order valence-electron chi connectivity index (χ3n) is 6.05. The fourth-order valence-corrected chi connectivity index (χ4v) is 4.94. The molecule has 1 aliphatic rings. The van der Waals surface area contributed by atoms with Crippen molar-refractivity contribution in [3.05, 3.63) is 53.2 Å². The lowest BCUT2D eigenvalue weighted by Gasteiger charge is -2.20. The van der Waals surface area contributed by atoms with E-state index in [4.69, 9.17) is 37.4 Å². The number of ether oxygens (including phenoxy) is 3. The number of pyridine rings is 2. The first kappa shape index (κ1) is 25.0. The highest BCUT2D eigenvalue weighted by Gasteiger charge is 2.30. The molecule has 0 unspecified atom stereocenters. The van der Waals surface area contributed by atoms with Gasteiger partial charge in [-0.3, -0.25) is 4.79 Å². The highest BCUT2D eigenvalue weighted by atomic mass is 35.5. The van der Waals surface area contributed by atoms with Crippen LogP contribution in [0.4, 0.5) is 10.2 Å². The van der Waals surface area contributed by atoms with Gasteiger partial charge in [0.15, 0.2) is 11.5 Å². The first-order chi connectivity index (χ1) is 17.8. The predicted octanol–water partition coefficient (Wildman–Crippen LogP) is 4.05. The monoisotopic (exact) mass is 546 g/mol. The standard InChI is InChI=1S/C24H21Cl2FN6O4/c1-11(27)24(34)32-15-9-37-8-14(15)31-19-5-16-12(7-28-19)4-13(23-29-10-30-33(16)23)20-21(25)17(35-2)6-18(36-3)22(20)26/h4-7,10,14-15H,1,8-9H2,2-3H3,(H,28,31)(H,32,34)/t14-,15+/m1/s1. The summed E-state index contributed by atoms with van der Waals surface area (Å²) in [5.74, 6) is -0.648. The van der Waals surface area contributed by atoms with Crippen LogP contribution < -0.4 is 20.1 Å². The molecule has 1 amide bonds. The zero-order chi connectivity index (χ0) is 26.3. The van der Waals surface area contributed by atoms with Gasteiger partial charge in [-0.25, -0.2) is 18.9 Å². The average molecular weight is 547 g/mol. The predicted molar refractivity (Wildman–Crippen MR) is 137 cm³/mol. The molecule has 192 valence electrons. The Morgan fingerprint density at radius 3 is 2.51 bits per heavy atom. The Morgan fingerprint density at radius 2 is 1.84 bits per heavy atom. The van der Waals surface area contributed by atoms with Gasteiger partial charge in [0.05, 0.1) is 55.1 Å². The molecular formula is C24H21Cl2FN6O4. The van der Waals surface area contributed by atoms with Crippen molar-refractivity contribution in [1.82, 2.24) is 24.9 Å². The van der Waals surface area contributed by atoms with E-state index < -0.39 is 17.8 Å². The van der Waals surface area contributed by atoms with Gasteiger partial charge in [0.2, 0.25) is 0 Å². The number of fused-ring (bicyclic) bond motifs is 3. The number of methoxy groups -OCH3 is 2. The van der Waals surface area contributed by atoms with Crippen LogP contribution in [0.2, 0.25) is 10.0 Å². The summed E-state index contributed by atoms with van der Waals surface area (Å²) >= 11 is 13.3. The Labute approximate surface area is 220 Å². The summed E-state index contributed by atoms with van der Waals surface area (Å²) in [6, 6.07) is 4.47. The molecule has 10 nitrogen and oxygen atoms in total. The lowest BCUT2D eigenvalue weighted by atomic mass is 10.0. The summed E-state index contributed by atoms with van der Waals surface area (Å²) in [4.78, 5) is 20.7. The van der Waals surface area contributed by atoms with Gasteiger partial charge < -0.3 is 24.8 Å². The van der Waals surface area contributed by atoms with E-state index in [-0.39, 0.29) is 12.6 Å². The van der Waals surface area contributed by atoms with Crippen LogP contribution in [0.25, 0.3) is 27.7 Å². The van der Waals surface area contributed by atoms with Crippen LogP contribution in [0.5, 0.6) is 11.5 Å². The normalized spacial score (nSPS) is 17.2. The van der Waals surface area contributed by atoms with Gasteiger partial charge in [-0.1, -0.05) is 29.8 Å². The summed E-state index contributed by atoms with van der Waals surface area (Å²) in [6.07, 6.45) is 3.08. The molecule has 13 heteroatoms. The quantitative estimate of drug-likeness (QED) is 0.334. The smallest absolute Gasteiger partial charge is 0.279 e. The van der Waals surface area contributed by atoms with E-state index in [2.05, 4.69) is 32.3 Å². The van der Waals surface area contributed by atoms with Crippen LogP contribution in [0.15, 0.2) is 43.1 Å². The Balaban J connectivity index is 1.56. The first-order valence-corrected chi connectivity index (χ1v) is 11.8. The molecule has 0 radical (unpaired) electrons. The van der Waals surface area contributed by atoms with Gasteiger partial charge in [-0.2, -0.15) is 5.10 Å². The number of amides is 1. The highest BCUT2D eigenvalue weighted by Crippen LogP contribution is 2.47. The van der Waals surface area contributed by atoms with Gasteiger partial charge in [0.25, 0.3) is 5.91 Å². The molecule has 0 aliphatic carbocycles. The Bertz CT molecular complexity index is 1520. The Hall–Kier alpha value is -3.67. The molecule has 1 aromatic carbocycles. The minimum Gasteiger partial charge on any atom is -0.495 e. The van der Waals surface area contributed by atoms with Crippen LogP contribution in [0.1, 0.15) is 0 Å². The van der Waals surface area contributed by atoms with E-state index in [0.717, 1.165) is 5.39 Å². The topological polar surface area (TPSA) is 112 Å². The van der Waals surface area contributed by atoms with E-state index in [9.17, 15) is 9.18 Å². The van der Waals surface area contributed by atoms with Crippen molar-refractivity contribution < 1.29 is 23.4 Å². The van der Waals surface area contributed by atoms with Crippen LogP contribution in [0, 0.1) is 0 Å². The van der Waals surface area contributed by atoms with Gasteiger partial charge in [0.1, 0.15) is 23.6 Å². The second-order valence-electron chi connectivity index (χ2n) is 8.24. The van der Waals surface area contributed by atoms with Crippen molar-refractivity contribution in [1.29, 1.82) is 0 Å². The van der Waals surface area contributed by atoms with E-state index in [1.807, 2.05) is 6.07 Å². The molecule has 1 saturated heterocycles. The van der Waals surface area contributed by atoms with Gasteiger partial charge in [-0.15, -0.1) is 0 Å². The third kappa shape index (κ3) is 4.50. The fraction of sp³-hybridized carbons (Fsp3) is 0.250. The highest BCUT2D eigenvalue weighted by molar-refractivity contribution is 6.41. The lowest BCUT2D eigenvalue weighted by Crippen LogP contribution is -2.46. The minimum absolute atomic E-state index is 0.229. The fourth-order valence-electron chi connectivity index (χ4n) is 4.23. The van der Waals surface area contributed by atoms with Crippen LogP contribution in [-0.4, -0.2) is 65.0 Å².